The number of rotatable bonds is 8. The SMILES string of the molecule is COCC1(CNC(=O)COc2ccc(OC)cc2)CCNCC1.Cl. The minimum Gasteiger partial charge on any atom is -0.497 e. The minimum atomic E-state index is -0.116. The van der Waals surface area contributed by atoms with Crippen LogP contribution in [0.2, 0.25) is 0 Å². The van der Waals surface area contributed by atoms with Gasteiger partial charge in [0, 0.05) is 19.1 Å². The maximum absolute atomic E-state index is 12.0. The van der Waals surface area contributed by atoms with E-state index >= 15 is 0 Å². The molecule has 1 heterocycles. The summed E-state index contributed by atoms with van der Waals surface area (Å²) in [6.07, 6.45) is 2.00. The van der Waals surface area contributed by atoms with Crippen LogP contribution in [0.4, 0.5) is 0 Å². The molecule has 1 aliphatic heterocycles. The monoisotopic (exact) mass is 358 g/mol. The smallest absolute Gasteiger partial charge is 0.257 e. The first-order valence-electron chi connectivity index (χ1n) is 7.91. The maximum Gasteiger partial charge on any atom is 0.257 e. The summed E-state index contributed by atoms with van der Waals surface area (Å²) in [5.41, 5.74) is 0.0236. The number of piperidine rings is 1. The lowest BCUT2D eigenvalue weighted by Gasteiger charge is -2.37. The minimum absolute atomic E-state index is 0. The molecule has 0 aromatic heterocycles. The Balaban J connectivity index is 0.00000288. The Labute approximate surface area is 149 Å². The molecule has 24 heavy (non-hydrogen) atoms. The van der Waals surface area contributed by atoms with Crippen molar-refractivity contribution in [1.82, 2.24) is 10.6 Å². The summed E-state index contributed by atoms with van der Waals surface area (Å²) in [7, 11) is 3.32. The number of hydrogen-bond acceptors (Lipinski definition) is 5. The third-order valence-electron chi connectivity index (χ3n) is 4.20. The molecule has 1 amide bonds. The van der Waals surface area contributed by atoms with Crippen molar-refractivity contribution >= 4 is 18.3 Å². The van der Waals surface area contributed by atoms with E-state index in [0.29, 0.717) is 18.9 Å². The van der Waals surface area contributed by atoms with Crippen LogP contribution in [0.25, 0.3) is 0 Å². The average Bonchev–Trinajstić information content (AvgIpc) is 2.60. The average molecular weight is 359 g/mol. The van der Waals surface area contributed by atoms with Crippen molar-refractivity contribution < 1.29 is 19.0 Å². The molecule has 0 unspecified atom stereocenters. The van der Waals surface area contributed by atoms with E-state index in [1.54, 1.807) is 38.5 Å². The predicted molar refractivity (Wildman–Crippen MR) is 95.2 cm³/mol. The largest absolute Gasteiger partial charge is 0.497 e. The lowest BCUT2D eigenvalue weighted by molar-refractivity contribution is -0.124. The number of benzene rings is 1. The summed E-state index contributed by atoms with van der Waals surface area (Å²) >= 11 is 0. The van der Waals surface area contributed by atoms with Crippen LogP contribution in [0, 0.1) is 5.41 Å². The Kier molecular flexibility index (Phi) is 8.89. The highest BCUT2D eigenvalue weighted by Crippen LogP contribution is 2.28. The number of ether oxygens (including phenoxy) is 3. The number of carbonyl (C=O) groups excluding carboxylic acids is 1. The molecule has 2 rings (SSSR count). The van der Waals surface area contributed by atoms with Gasteiger partial charge in [-0.3, -0.25) is 4.79 Å². The summed E-state index contributed by atoms with van der Waals surface area (Å²) in [4.78, 5) is 12.0. The predicted octanol–water partition coefficient (Wildman–Crippen LogP) is 1.63. The molecule has 7 heteroatoms. The van der Waals surface area contributed by atoms with Gasteiger partial charge in [-0.05, 0) is 50.2 Å². The zero-order valence-corrected chi connectivity index (χ0v) is 15.1. The molecule has 1 aliphatic rings. The first-order valence-corrected chi connectivity index (χ1v) is 7.91. The molecule has 2 N–H and O–H groups in total. The van der Waals surface area contributed by atoms with Crippen LogP contribution >= 0.6 is 12.4 Å². The van der Waals surface area contributed by atoms with E-state index < -0.39 is 0 Å². The van der Waals surface area contributed by atoms with Gasteiger partial charge in [-0.15, -0.1) is 12.4 Å². The van der Waals surface area contributed by atoms with Gasteiger partial charge in [0.15, 0.2) is 6.61 Å². The summed E-state index contributed by atoms with van der Waals surface area (Å²) in [6.45, 7) is 3.21. The first kappa shape index (κ1) is 20.5. The Hall–Kier alpha value is -1.50. The third kappa shape index (κ3) is 6.19. The lowest BCUT2D eigenvalue weighted by Crippen LogP contribution is -2.47. The van der Waals surface area contributed by atoms with E-state index in [1.165, 1.54) is 0 Å². The van der Waals surface area contributed by atoms with Crippen LogP contribution in [-0.4, -0.2) is 53.0 Å². The highest BCUT2D eigenvalue weighted by atomic mass is 35.5. The molecular weight excluding hydrogens is 332 g/mol. The number of nitrogens with one attached hydrogen (secondary N) is 2. The highest BCUT2D eigenvalue weighted by Gasteiger charge is 2.32. The van der Waals surface area contributed by atoms with Crippen molar-refractivity contribution in [2.75, 3.05) is 47.1 Å². The zero-order chi connectivity index (χ0) is 16.5. The van der Waals surface area contributed by atoms with Crippen molar-refractivity contribution in [2.45, 2.75) is 12.8 Å². The van der Waals surface area contributed by atoms with E-state index in [-0.39, 0.29) is 30.3 Å². The Morgan fingerprint density at radius 3 is 2.38 bits per heavy atom. The summed E-state index contributed by atoms with van der Waals surface area (Å²) in [5, 5.41) is 6.31. The normalized spacial score (nSPS) is 15.9. The van der Waals surface area contributed by atoms with Gasteiger partial charge in [-0.2, -0.15) is 0 Å². The third-order valence-corrected chi connectivity index (χ3v) is 4.20. The molecule has 6 nitrogen and oxygen atoms in total. The van der Waals surface area contributed by atoms with Crippen LogP contribution in [-0.2, 0) is 9.53 Å². The quantitative estimate of drug-likeness (QED) is 0.739. The summed E-state index contributed by atoms with van der Waals surface area (Å²) in [5.74, 6) is 1.29. The van der Waals surface area contributed by atoms with Crippen LogP contribution in [0.5, 0.6) is 11.5 Å². The van der Waals surface area contributed by atoms with Crippen LogP contribution in [0.15, 0.2) is 24.3 Å². The highest BCUT2D eigenvalue weighted by molar-refractivity contribution is 5.85. The first-order chi connectivity index (χ1) is 11.2. The molecule has 0 bridgehead atoms. The molecule has 0 atom stereocenters. The molecule has 0 radical (unpaired) electrons. The van der Waals surface area contributed by atoms with Crippen LogP contribution in [0.1, 0.15) is 12.8 Å². The topological polar surface area (TPSA) is 68.8 Å². The van der Waals surface area contributed by atoms with Crippen LogP contribution < -0.4 is 20.1 Å². The Morgan fingerprint density at radius 2 is 1.79 bits per heavy atom. The van der Waals surface area contributed by atoms with E-state index in [0.717, 1.165) is 31.7 Å². The van der Waals surface area contributed by atoms with Crippen molar-refractivity contribution in [3.05, 3.63) is 24.3 Å². The number of amides is 1. The standard InChI is InChI=1S/C17H26N2O4.ClH/c1-21-13-17(7-9-18-10-8-17)12-19-16(20)11-23-15-5-3-14(22-2)4-6-15;/h3-6,18H,7-13H2,1-2H3,(H,19,20);1H. The fourth-order valence-corrected chi connectivity index (χ4v) is 2.79. The lowest BCUT2D eigenvalue weighted by atomic mass is 9.79. The fourth-order valence-electron chi connectivity index (χ4n) is 2.79. The Bertz CT molecular complexity index is 484. The van der Waals surface area contributed by atoms with Gasteiger partial charge in [0.25, 0.3) is 5.91 Å². The van der Waals surface area contributed by atoms with E-state index in [1.807, 2.05) is 0 Å². The van der Waals surface area contributed by atoms with Crippen molar-refractivity contribution in [3.8, 4) is 11.5 Å². The van der Waals surface area contributed by atoms with E-state index in [2.05, 4.69) is 10.6 Å². The van der Waals surface area contributed by atoms with Crippen LogP contribution in [0.3, 0.4) is 0 Å². The molecule has 1 aromatic rings. The molecule has 0 spiro atoms. The van der Waals surface area contributed by atoms with Gasteiger partial charge in [0.05, 0.1) is 13.7 Å². The molecule has 1 fully saturated rings. The zero-order valence-electron chi connectivity index (χ0n) is 14.3. The number of halogens is 1. The summed E-state index contributed by atoms with van der Waals surface area (Å²) < 4.78 is 15.9. The molecule has 1 saturated heterocycles. The molecule has 0 saturated carbocycles. The van der Waals surface area contributed by atoms with Gasteiger partial charge < -0.3 is 24.8 Å². The second kappa shape index (κ2) is 10.4. The molecule has 136 valence electrons. The van der Waals surface area contributed by atoms with Gasteiger partial charge in [0.1, 0.15) is 11.5 Å². The number of carbonyl (C=O) groups is 1. The second-order valence-electron chi connectivity index (χ2n) is 5.92. The van der Waals surface area contributed by atoms with Crippen molar-refractivity contribution in [1.29, 1.82) is 0 Å². The van der Waals surface area contributed by atoms with Gasteiger partial charge in [0.2, 0.25) is 0 Å². The van der Waals surface area contributed by atoms with E-state index in [4.69, 9.17) is 14.2 Å². The number of hydrogen-bond donors (Lipinski definition) is 2. The maximum atomic E-state index is 12.0. The molecular formula is C17H27ClN2O4. The van der Waals surface area contributed by atoms with Gasteiger partial charge >= 0.3 is 0 Å². The summed E-state index contributed by atoms with van der Waals surface area (Å²) in [6, 6.07) is 7.17. The molecule has 1 aromatic carbocycles. The van der Waals surface area contributed by atoms with E-state index in [9.17, 15) is 4.79 Å². The fraction of sp³-hybridized carbons (Fsp3) is 0.588. The molecule has 0 aliphatic carbocycles. The second-order valence-corrected chi connectivity index (χ2v) is 5.92. The Morgan fingerprint density at radius 1 is 1.17 bits per heavy atom. The number of methoxy groups -OCH3 is 2. The van der Waals surface area contributed by atoms with Crippen molar-refractivity contribution in [3.63, 3.8) is 0 Å². The van der Waals surface area contributed by atoms with Crippen molar-refractivity contribution in [2.24, 2.45) is 5.41 Å². The van der Waals surface area contributed by atoms with Gasteiger partial charge in [-0.25, -0.2) is 0 Å². The van der Waals surface area contributed by atoms with Gasteiger partial charge in [-0.1, -0.05) is 0 Å².